The van der Waals surface area contributed by atoms with Crippen molar-refractivity contribution in [1.29, 1.82) is 5.26 Å². The van der Waals surface area contributed by atoms with Gasteiger partial charge in [-0.3, -0.25) is 0 Å². The van der Waals surface area contributed by atoms with Crippen molar-refractivity contribution in [2.45, 2.75) is 69.4 Å². The van der Waals surface area contributed by atoms with Crippen LogP contribution in [0.15, 0.2) is 47.0 Å². The van der Waals surface area contributed by atoms with Gasteiger partial charge in [0, 0.05) is 17.0 Å². The third-order valence-corrected chi connectivity index (χ3v) is 8.48. The Kier molecular flexibility index (Phi) is 6.60. The minimum Gasteiger partial charge on any atom is -0.434 e. The molecule has 2 aliphatic carbocycles. The number of aliphatic hydroxyl groups is 1. The van der Waals surface area contributed by atoms with Gasteiger partial charge in [0.25, 0.3) is 0 Å². The van der Waals surface area contributed by atoms with E-state index in [9.17, 15) is 13.9 Å². The zero-order valence-corrected chi connectivity index (χ0v) is 21.2. The van der Waals surface area contributed by atoms with Crippen molar-refractivity contribution >= 4 is 21.6 Å². The van der Waals surface area contributed by atoms with Crippen molar-refractivity contribution in [1.82, 2.24) is 10.1 Å². The highest BCUT2D eigenvalue weighted by Crippen LogP contribution is 2.46. The molecule has 0 saturated heterocycles. The predicted octanol–water partition coefficient (Wildman–Crippen LogP) is 6.65. The van der Waals surface area contributed by atoms with Gasteiger partial charge < -0.3 is 19.1 Å². The highest BCUT2D eigenvalue weighted by atomic mass is 32.1. The molecular weight excluding hydrogens is 512 g/mol. The molecule has 6 rings (SSSR count). The molecule has 2 saturated carbocycles. The van der Waals surface area contributed by atoms with Gasteiger partial charge >= 0.3 is 6.61 Å². The molecule has 2 aliphatic rings. The lowest BCUT2D eigenvalue weighted by atomic mass is 9.83. The van der Waals surface area contributed by atoms with Crippen LogP contribution in [0.4, 0.5) is 8.78 Å². The maximum Gasteiger partial charge on any atom is 0.387 e. The molecule has 0 aliphatic heterocycles. The average molecular weight is 538 g/mol. The van der Waals surface area contributed by atoms with Gasteiger partial charge in [0.05, 0.1) is 34.6 Å². The molecule has 10 heteroatoms. The summed E-state index contributed by atoms with van der Waals surface area (Å²) in [7, 11) is 0. The number of halogens is 2. The summed E-state index contributed by atoms with van der Waals surface area (Å²) in [6.45, 7) is -2.72. The quantitative estimate of drug-likeness (QED) is 0.269. The van der Waals surface area contributed by atoms with E-state index < -0.39 is 12.2 Å². The van der Waals surface area contributed by atoms with E-state index >= 15 is 0 Å². The summed E-state index contributed by atoms with van der Waals surface area (Å²) >= 11 is 1.42. The van der Waals surface area contributed by atoms with Gasteiger partial charge in [-0.05, 0) is 68.9 Å². The summed E-state index contributed by atoms with van der Waals surface area (Å²) in [5.41, 5.74) is 1.97. The van der Waals surface area contributed by atoms with E-state index in [-0.39, 0.29) is 24.4 Å². The van der Waals surface area contributed by atoms with Gasteiger partial charge in [-0.1, -0.05) is 17.3 Å². The Bertz CT molecular complexity index is 1500. The molecule has 0 amide bonds. The Balaban J connectivity index is 1.17. The van der Waals surface area contributed by atoms with Crippen LogP contribution >= 0.6 is 11.3 Å². The summed E-state index contributed by atoms with van der Waals surface area (Å²) in [6, 6.07) is 14.0. The van der Waals surface area contributed by atoms with Gasteiger partial charge in [-0.15, -0.1) is 11.3 Å². The number of alkyl halides is 2. The van der Waals surface area contributed by atoms with Crippen LogP contribution in [-0.4, -0.2) is 28.0 Å². The first-order valence-corrected chi connectivity index (χ1v) is 13.4. The molecular formula is C28H25F2N3O4S. The van der Waals surface area contributed by atoms with Crippen LogP contribution in [0.25, 0.3) is 21.5 Å². The van der Waals surface area contributed by atoms with Gasteiger partial charge in [0.1, 0.15) is 27.8 Å². The molecule has 2 fully saturated rings. The van der Waals surface area contributed by atoms with E-state index in [1.54, 1.807) is 30.3 Å². The number of hydrogen-bond donors (Lipinski definition) is 1. The number of ether oxygens (including phenoxy) is 2. The fourth-order valence-corrected chi connectivity index (χ4v) is 6.19. The Hall–Kier alpha value is -3.39. The standard InChI is InChI=1S/C28H25F2N3O4S/c29-27(30)36-22-4-2-1-3-19(22)24-20(25(37-33-24)17-6-7-17)15-35-18-9-11-28(34,12-10-18)26-32-21-8-5-16(14-31)13-23(21)38-26/h1-5,8,13,17-18,27,34H,6-7,9-12,15H2/t18-,28+. The SMILES string of the molecule is N#Cc1ccc2nc([C@]3(O)CC[C@@H](OCc4c(-c5ccccc5OC(F)F)noc4C4CC4)CC3)sc2c1. The van der Waals surface area contributed by atoms with E-state index in [0.29, 0.717) is 47.5 Å². The molecule has 0 unspecified atom stereocenters. The van der Waals surface area contributed by atoms with Gasteiger partial charge in [-0.2, -0.15) is 14.0 Å². The minimum absolute atomic E-state index is 0.0415. The first-order valence-electron chi connectivity index (χ1n) is 12.6. The molecule has 38 heavy (non-hydrogen) atoms. The maximum atomic E-state index is 13.0. The number of nitrogens with zero attached hydrogens (tertiary/aromatic N) is 3. The minimum atomic E-state index is -2.95. The number of nitriles is 1. The summed E-state index contributed by atoms with van der Waals surface area (Å²) in [5, 5.41) is 25.4. The van der Waals surface area contributed by atoms with Gasteiger partial charge in [0.15, 0.2) is 0 Å². The topological polar surface area (TPSA) is 101 Å². The number of aromatic nitrogens is 2. The fourth-order valence-electron chi connectivity index (χ4n) is 5.04. The van der Waals surface area contributed by atoms with Crippen LogP contribution in [0, 0.1) is 11.3 Å². The lowest BCUT2D eigenvalue weighted by Crippen LogP contribution is -2.34. The van der Waals surface area contributed by atoms with Crippen molar-refractivity contribution in [3.63, 3.8) is 0 Å². The van der Waals surface area contributed by atoms with Crippen LogP contribution < -0.4 is 4.74 Å². The van der Waals surface area contributed by atoms with Crippen molar-refractivity contribution in [2.24, 2.45) is 0 Å². The molecule has 0 bridgehead atoms. The van der Waals surface area contributed by atoms with Crippen molar-refractivity contribution in [2.75, 3.05) is 0 Å². The van der Waals surface area contributed by atoms with Crippen LogP contribution in [-0.2, 0) is 16.9 Å². The molecule has 196 valence electrons. The molecule has 2 aromatic heterocycles. The normalized spacial score (nSPS) is 21.6. The highest BCUT2D eigenvalue weighted by molar-refractivity contribution is 7.18. The third-order valence-electron chi connectivity index (χ3n) is 7.26. The summed E-state index contributed by atoms with van der Waals surface area (Å²) in [6.07, 6.45) is 4.17. The maximum absolute atomic E-state index is 13.0. The highest BCUT2D eigenvalue weighted by Gasteiger charge is 2.39. The second kappa shape index (κ2) is 10.1. The van der Waals surface area contributed by atoms with E-state index in [1.807, 2.05) is 6.07 Å². The van der Waals surface area contributed by atoms with E-state index in [2.05, 4.69) is 16.2 Å². The Morgan fingerprint density at radius 3 is 2.68 bits per heavy atom. The molecule has 0 radical (unpaired) electrons. The molecule has 2 aromatic carbocycles. The molecule has 7 nitrogen and oxygen atoms in total. The first-order chi connectivity index (χ1) is 18.4. The van der Waals surface area contributed by atoms with Crippen LogP contribution in [0.5, 0.6) is 5.75 Å². The summed E-state index contributed by atoms with van der Waals surface area (Å²) < 4.78 is 43.6. The van der Waals surface area contributed by atoms with Crippen LogP contribution in [0.3, 0.4) is 0 Å². The van der Waals surface area contributed by atoms with Crippen LogP contribution in [0.2, 0.25) is 0 Å². The molecule has 0 spiro atoms. The van der Waals surface area contributed by atoms with E-state index in [1.165, 1.54) is 17.4 Å². The van der Waals surface area contributed by atoms with Crippen molar-refractivity contribution in [3.05, 3.63) is 64.4 Å². The molecule has 4 aromatic rings. The third kappa shape index (κ3) is 4.89. The predicted molar refractivity (Wildman–Crippen MR) is 136 cm³/mol. The van der Waals surface area contributed by atoms with E-state index in [0.717, 1.165) is 34.4 Å². The van der Waals surface area contributed by atoms with Crippen molar-refractivity contribution < 1.29 is 27.9 Å². The van der Waals surface area contributed by atoms with Gasteiger partial charge in [-0.25, -0.2) is 4.98 Å². The Labute approximate surface area is 221 Å². The second-order valence-corrected chi connectivity index (χ2v) is 10.9. The number of rotatable bonds is 8. The van der Waals surface area contributed by atoms with Crippen LogP contribution in [0.1, 0.15) is 66.3 Å². The number of hydrogen-bond acceptors (Lipinski definition) is 8. The first kappa shape index (κ1) is 24.9. The average Bonchev–Trinajstić information content (AvgIpc) is 3.52. The zero-order chi connectivity index (χ0) is 26.3. The fraction of sp³-hybridized carbons (Fsp3) is 0.393. The smallest absolute Gasteiger partial charge is 0.387 e. The Morgan fingerprint density at radius 2 is 1.95 bits per heavy atom. The number of fused-ring (bicyclic) bond motifs is 1. The lowest BCUT2D eigenvalue weighted by Gasteiger charge is -2.34. The second-order valence-electron chi connectivity index (χ2n) is 9.88. The summed E-state index contributed by atoms with van der Waals surface area (Å²) in [4.78, 5) is 4.64. The Morgan fingerprint density at radius 1 is 1.16 bits per heavy atom. The monoisotopic (exact) mass is 537 g/mol. The molecule has 1 N–H and O–H groups in total. The van der Waals surface area contributed by atoms with E-state index in [4.69, 9.17) is 19.3 Å². The molecule has 0 atom stereocenters. The summed E-state index contributed by atoms with van der Waals surface area (Å²) in [5.74, 6) is 1.04. The number of benzene rings is 2. The molecule has 2 heterocycles. The largest absolute Gasteiger partial charge is 0.434 e. The number of thiazole rings is 1. The lowest BCUT2D eigenvalue weighted by molar-refractivity contribution is -0.0641. The zero-order valence-electron chi connectivity index (χ0n) is 20.4. The van der Waals surface area contributed by atoms with Gasteiger partial charge in [0.2, 0.25) is 0 Å². The number of para-hydroxylation sites is 1. The van der Waals surface area contributed by atoms with Crippen molar-refractivity contribution in [3.8, 4) is 23.1 Å².